The van der Waals surface area contributed by atoms with E-state index in [1.165, 1.54) is 0 Å². The summed E-state index contributed by atoms with van der Waals surface area (Å²) in [7, 11) is -3.67. The number of hydrogen-bond acceptors (Lipinski definition) is 5. The maximum Gasteiger partial charge on any atom is 0.244 e. The second kappa shape index (κ2) is 8.02. The Balaban J connectivity index is 2.17. The molecule has 0 bridgehead atoms. The molecule has 150 valence electrons. The van der Waals surface area contributed by atoms with Gasteiger partial charge >= 0.3 is 0 Å². The first kappa shape index (κ1) is 20.5. The number of rotatable bonds is 6. The number of nitrogens with zero attached hydrogens (tertiary/aromatic N) is 2. The Morgan fingerprint density at radius 1 is 1.24 bits per heavy atom. The molecule has 0 saturated carbocycles. The number of terminal acetylenes is 1. The third-order valence-corrected chi connectivity index (χ3v) is 6.59. The van der Waals surface area contributed by atoms with Crippen LogP contribution in [-0.2, 0) is 10.0 Å². The van der Waals surface area contributed by atoms with Gasteiger partial charge in [-0.1, -0.05) is 24.1 Å². The lowest BCUT2D eigenvalue weighted by Crippen LogP contribution is -2.23. The van der Waals surface area contributed by atoms with Gasteiger partial charge in [0.05, 0.1) is 22.9 Å². The molecule has 0 unspecified atom stereocenters. The molecule has 3 rings (SSSR count). The Bertz CT molecular complexity index is 1210. The normalized spacial score (nSPS) is 12.3. The number of nitrogen functional groups attached to an aromatic ring is 1. The summed E-state index contributed by atoms with van der Waals surface area (Å²) < 4.78 is 32.2. The zero-order valence-electron chi connectivity index (χ0n) is 16.6. The molecule has 6 nitrogen and oxygen atoms in total. The molecule has 3 aromatic rings. The number of benzene rings is 2. The molecule has 0 saturated heterocycles. The Hall–Kier alpha value is -3.24. The van der Waals surface area contributed by atoms with Gasteiger partial charge in [-0.2, -0.15) is 0 Å². The Morgan fingerprint density at radius 3 is 2.48 bits per heavy atom. The smallest absolute Gasteiger partial charge is 0.244 e. The van der Waals surface area contributed by atoms with E-state index in [2.05, 4.69) is 10.9 Å². The average molecular weight is 410 g/mol. The van der Waals surface area contributed by atoms with Crippen molar-refractivity contribution in [1.82, 2.24) is 8.96 Å². The lowest BCUT2D eigenvalue weighted by atomic mass is 9.97. The minimum absolute atomic E-state index is 0.0607. The zero-order valence-corrected chi connectivity index (χ0v) is 17.4. The van der Waals surface area contributed by atoms with E-state index in [-0.39, 0.29) is 5.95 Å². The predicted octanol–water partition coefficient (Wildman–Crippen LogP) is 3.67. The molecule has 2 N–H and O–H groups in total. The van der Waals surface area contributed by atoms with Gasteiger partial charge < -0.3 is 10.5 Å². The monoisotopic (exact) mass is 409 g/mol. The third-order valence-electron chi connectivity index (χ3n) is 4.50. The first-order valence-corrected chi connectivity index (χ1v) is 10.7. The van der Waals surface area contributed by atoms with Crippen molar-refractivity contribution in [2.45, 2.75) is 26.0 Å². The van der Waals surface area contributed by atoms with E-state index in [0.29, 0.717) is 17.6 Å². The average Bonchev–Trinajstić information content (AvgIpc) is 3.02. The van der Waals surface area contributed by atoms with Crippen LogP contribution in [0.3, 0.4) is 0 Å². The number of ether oxygens (including phenoxy) is 1. The van der Waals surface area contributed by atoms with Crippen LogP contribution in [0.4, 0.5) is 5.95 Å². The number of hydrogen-bond donors (Lipinski definition) is 1. The standard InChI is InChI=1S/C22H23N3O3S/c1-5-7-19(16-8-11-18(12-9-16)28-6-2)17-10-13-20-21(14-17)25(22(23)24-20)29(26,27)15(3)4/h1,7-15H,6H2,2-4H3,(H2,23,24)/b19-7+. The predicted molar refractivity (Wildman–Crippen MR) is 117 cm³/mol. The second-order valence-corrected chi connectivity index (χ2v) is 9.05. The van der Waals surface area contributed by atoms with Gasteiger partial charge in [0.15, 0.2) is 0 Å². The highest BCUT2D eigenvalue weighted by atomic mass is 32.2. The first-order valence-electron chi connectivity index (χ1n) is 9.21. The summed E-state index contributed by atoms with van der Waals surface area (Å²) in [5, 5.41) is -0.641. The van der Waals surface area contributed by atoms with Crippen LogP contribution in [-0.4, -0.2) is 29.2 Å². The molecule has 0 atom stereocenters. The van der Waals surface area contributed by atoms with Crippen LogP contribution >= 0.6 is 0 Å². The van der Waals surface area contributed by atoms with E-state index in [1.54, 1.807) is 32.1 Å². The SMILES string of the molecule is C#C/C=C(\c1ccc(OCC)cc1)c1ccc2nc(N)n(S(=O)(=O)C(C)C)c2c1. The molecule has 0 aliphatic rings. The van der Waals surface area contributed by atoms with E-state index in [1.807, 2.05) is 37.3 Å². The number of aromatic nitrogens is 2. The van der Waals surface area contributed by atoms with Crippen LogP contribution in [0.2, 0.25) is 0 Å². The summed E-state index contributed by atoms with van der Waals surface area (Å²) in [6.07, 6.45) is 7.20. The van der Waals surface area contributed by atoms with Gasteiger partial charge in [0, 0.05) is 0 Å². The Morgan fingerprint density at radius 2 is 1.90 bits per heavy atom. The number of allylic oxidation sites excluding steroid dienone is 1. The molecule has 0 amide bonds. The summed E-state index contributed by atoms with van der Waals surface area (Å²) in [5.74, 6) is 3.27. The molecule has 29 heavy (non-hydrogen) atoms. The van der Waals surface area contributed by atoms with Crippen LogP contribution in [0.25, 0.3) is 16.6 Å². The van der Waals surface area contributed by atoms with E-state index >= 15 is 0 Å². The van der Waals surface area contributed by atoms with Crippen molar-refractivity contribution in [3.63, 3.8) is 0 Å². The second-order valence-electron chi connectivity index (χ2n) is 6.71. The zero-order chi connectivity index (χ0) is 21.2. The van der Waals surface area contributed by atoms with Crippen molar-refractivity contribution < 1.29 is 13.2 Å². The van der Waals surface area contributed by atoms with Crippen molar-refractivity contribution >= 4 is 32.6 Å². The first-order chi connectivity index (χ1) is 13.8. The van der Waals surface area contributed by atoms with Crippen molar-refractivity contribution in [3.05, 3.63) is 59.7 Å². The number of anilines is 1. The molecule has 0 spiro atoms. The Kier molecular flexibility index (Phi) is 5.66. The lowest BCUT2D eigenvalue weighted by Gasteiger charge is -2.13. The molecule has 0 aliphatic heterocycles. The summed E-state index contributed by atoms with van der Waals surface area (Å²) >= 11 is 0. The minimum atomic E-state index is -3.67. The van der Waals surface area contributed by atoms with E-state index in [9.17, 15) is 8.42 Å². The lowest BCUT2D eigenvalue weighted by molar-refractivity contribution is 0.340. The van der Waals surface area contributed by atoms with Crippen LogP contribution in [0.5, 0.6) is 5.75 Å². The largest absolute Gasteiger partial charge is 0.494 e. The topological polar surface area (TPSA) is 87.2 Å². The highest BCUT2D eigenvalue weighted by Crippen LogP contribution is 2.30. The van der Waals surface area contributed by atoms with Gasteiger partial charge in [-0.05, 0) is 67.8 Å². The fourth-order valence-corrected chi connectivity index (χ4v) is 4.18. The molecule has 0 aliphatic carbocycles. The van der Waals surface area contributed by atoms with E-state index in [0.717, 1.165) is 26.4 Å². The fourth-order valence-electron chi connectivity index (χ4n) is 3.03. The number of nitrogens with two attached hydrogens (primary N) is 1. The third kappa shape index (κ3) is 3.84. The van der Waals surface area contributed by atoms with Gasteiger partial charge in [-0.3, -0.25) is 0 Å². The summed E-state index contributed by atoms with van der Waals surface area (Å²) in [6, 6.07) is 12.9. The molecular weight excluding hydrogens is 386 g/mol. The highest BCUT2D eigenvalue weighted by Gasteiger charge is 2.24. The van der Waals surface area contributed by atoms with Gasteiger partial charge in [0.25, 0.3) is 0 Å². The van der Waals surface area contributed by atoms with Crippen LogP contribution < -0.4 is 10.5 Å². The maximum atomic E-state index is 12.8. The molecule has 0 fully saturated rings. The Labute approximate surface area is 171 Å². The van der Waals surface area contributed by atoms with Gasteiger partial charge in [-0.25, -0.2) is 17.4 Å². The maximum absolute atomic E-state index is 12.8. The molecule has 1 aromatic heterocycles. The van der Waals surface area contributed by atoms with Crippen LogP contribution in [0.15, 0.2) is 48.5 Å². The van der Waals surface area contributed by atoms with E-state index < -0.39 is 15.3 Å². The summed E-state index contributed by atoms with van der Waals surface area (Å²) in [6.45, 7) is 5.72. The molecule has 0 radical (unpaired) electrons. The minimum Gasteiger partial charge on any atom is -0.494 e. The van der Waals surface area contributed by atoms with Crippen molar-refractivity contribution in [2.24, 2.45) is 0 Å². The molecular formula is C22H23N3O3S. The van der Waals surface area contributed by atoms with Crippen molar-refractivity contribution in [3.8, 4) is 18.1 Å². The van der Waals surface area contributed by atoms with Gasteiger partial charge in [0.2, 0.25) is 16.0 Å². The van der Waals surface area contributed by atoms with Crippen molar-refractivity contribution in [1.29, 1.82) is 0 Å². The van der Waals surface area contributed by atoms with Crippen LogP contribution in [0.1, 0.15) is 31.9 Å². The summed E-state index contributed by atoms with van der Waals surface area (Å²) in [4.78, 5) is 4.20. The fraction of sp³-hybridized carbons (Fsp3) is 0.227. The molecule has 7 heteroatoms. The molecule has 2 aromatic carbocycles. The number of imidazole rings is 1. The van der Waals surface area contributed by atoms with Crippen LogP contribution in [0, 0.1) is 12.3 Å². The quantitative estimate of drug-likeness (QED) is 0.628. The van der Waals surface area contributed by atoms with Gasteiger partial charge in [-0.15, -0.1) is 6.42 Å². The number of fused-ring (bicyclic) bond motifs is 1. The van der Waals surface area contributed by atoms with Gasteiger partial charge in [0.1, 0.15) is 5.75 Å². The van der Waals surface area contributed by atoms with E-state index in [4.69, 9.17) is 16.9 Å². The summed E-state index contributed by atoms with van der Waals surface area (Å²) in [5.41, 5.74) is 9.28. The highest BCUT2D eigenvalue weighted by molar-refractivity contribution is 7.90. The van der Waals surface area contributed by atoms with Crippen molar-refractivity contribution in [2.75, 3.05) is 12.3 Å². The molecule has 1 heterocycles.